The Balaban J connectivity index is 2.32. The number of hydrogen-bond acceptors (Lipinski definition) is 3. The summed E-state index contributed by atoms with van der Waals surface area (Å²) < 4.78 is 0.800. The van der Waals surface area contributed by atoms with Gasteiger partial charge in [-0.2, -0.15) is 0 Å². The van der Waals surface area contributed by atoms with Crippen molar-refractivity contribution in [2.75, 3.05) is 6.54 Å². The Kier molecular flexibility index (Phi) is 4.23. The van der Waals surface area contributed by atoms with Gasteiger partial charge in [0.2, 0.25) is 11.8 Å². The smallest absolute Gasteiger partial charge is 0.254 e. The Morgan fingerprint density at radius 2 is 2.15 bits per heavy atom. The van der Waals surface area contributed by atoms with Crippen molar-refractivity contribution in [3.63, 3.8) is 0 Å². The zero-order valence-electron chi connectivity index (χ0n) is 11.3. The van der Waals surface area contributed by atoms with Crippen LogP contribution in [0.4, 0.5) is 0 Å². The Morgan fingerprint density at radius 1 is 1.45 bits per heavy atom. The number of benzene rings is 1. The van der Waals surface area contributed by atoms with Gasteiger partial charge in [0, 0.05) is 16.6 Å². The number of aryl methyl sites for hydroxylation is 1. The van der Waals surface area contributed by atoms with Gasteiger partial charge < -0.3 is 4.90 Å². The second kappa shape index (κ2) is 5.75. The van der Waals surface area contributed by atoms with Crippen molar-refractivity contribution in [2.24, 2.45) is 0 Å². The molecular weight excluding hydrogens is 324 g/mol. The van der Waals surface area contributed by atoms with Crippen molar-refractivity contribution < 1.29 is 14.4 Å². The minimum atomic E-state index is -0.710. The Labute approximate surface area is 125 Å². The number of halogens is 1. The first kappa shape index (κ1) is 14.7. The minimum absolute atomic E-state index is 0.0332. The van der Waals surface area contributed by atoms with Gasteiger partial charge in [-0.1, -0.05) is 22.0 Å². The number of nitrogens with one attached hydrogen (secondary N) is 1. The van der Waals surface area contributed by atoms with Crippen LogP contribution in [0.5, 0.6) is 0 Å². The number of carbonyl (C=O) groups excluding carboxylic acids is 3. The van der Waals surface area contributed by atoms with E-state index < -0.39 is 11.9 Å². The second-order valence-electron chi connectivity index (χ2n) is 4.68. The number of nitrogens with zero attached hydrogens (tertiary/aromatic N) is 1. The lowest BCUT2D eigenvalue weighted by Gasteiger charge is -2.26. The standard InChI is InChI=1S/C14H15BrN2O3/c1-3-17(11-7-12(18)16-13(11)19)14(20)10-6-9(15)5-4-8(10)2/h4-6,11H,3,7H2,1-2H3,(H,16,18,19)/t11-/m1/s1. The van der Waals surface area contributed by atoms with Crippen LogP contribution in [0.1, 0.15) is 29.3 Å². The van der Waals surface area contributed by atoms with Gasteiger partial charge in [-0.25, -0.2) is 0 Å². The van der Waals surface area contributed by atoms with E-state index in [0.717, 1.165) is 10.0 Å². The number of rotatable bonds is 3. The molecule has 0 spiro atoms. The van der Waals surface area contributed by atoms with Crippen molar-refractivity contribution in [1.82, 2.24) is 10.2 Å². The van der Waals surface area contributed by atoms with E-state index in [1.807, 2.05) is 19.1 Å². The average Bonchev–Trinajstić information content (AvgIpc) is 2.72. The number of amides is 3. The molecule has 0 aromatic heterocycles. The highest BCUT2D eigenvalue weighted by Gasteiger charge is 2.37. The quantitative estimate of drug-likeness (QED) is 0.852. The molecule has 5 nitrogen and oxygen atoms in total. The molecule has 1 aromatic carbocycles. The van der Waals surface area contributed by atoms with Crippen molar-refractivity contribution in [3.05, 3.63) is 33.8 Å². The molecule has 0 bridgehead atoms. The van der Waals surface area contributed by atoms with E-state index in [0.29, 0.717) is 12.1 Å². The fourth-order valence-electron chi connectivity index (χ4n) is 2.28. The summed E-state index contributed by atoms with van der Waals surface area (Å²) in [5.41, 5.74) is 1.37. The topological polar surface area (TPSA) is 66.5 Å². The maximum atomic E-state index is 12.6. The molecule has 1 N–H and O–H groups in total. The number of hydrogen-bond donors (Lipinski definition) is 1. The molecule has 0 aliphatic carbocycles. The van der Waals surface area contributed by atoms with Gasteiger partial charge in [0.1, 0.15) is 6.04 Å². The summed E-state index contributed by atoms with van der Waals surface area (Å²) in [5, 5.41) is 2.23. The Hall–Kier alpha value is -1.69. The van der Waals surface area contributed by atoms with E-state index in [4.69, 9.17) is 0 Å². The summed E-state index contributed by atoms with van der Waals surface area (Å²) in [6, 6.07) is 4.72. The molecule has 1 heterocycles. The van der Waals surface area contributed by atoms with Crippen LogP contribution in [0.25, 0.3) is 0 Å². The fraction of sp³-hybridized carbons (Fsp3) is 0.357. The van der Waals surface area contributed by atoms with Crippen LogP contribution in [0.2, 0.25) is 0 Å². The molecule has 0 saturated carbocycles. The summed E-state index contributed by atoms with van der Waals surface area (Å²) in [6.45, 7) is 4.00. The van der Waals surface area contributed by atoms with Gasteiger partial charge in [0.05, 0.1) is 6.42 Å². The van der Waals surface area contributed by atoms with Gasteiger partial charge in [-0.05, 0) is 31.5 Å². The zero-order valence-corrected chi connectivity index (χ0v) is 12.9. The van der Waals surface area contributed by atoms with Crippen molar-refractivity contribution in [1.29, 1.82) is 0 Å². The number of imide groups is 1. The van der Waals surface area contributed by atoms with E-state index in [-0.39, 0.29) is 18.2 Å². The molecule has 1 atom stereocenters. The lowest BCUT2D eigenvalue weighted by molar-refractivity contribution is -0.126. The molecule has 3 amide bonds. The maximum Gasteiger partial charge on any atom is 0.254 e. The first-order valence-corrected chi connectivity index (χ1v) is 7.14. The molecule has 1 fully saturated rings. The molecule has 1 saturated heterocycles. The van der Waals surface area contributed by atoms with Crippen molar-refractivity contribution >= 4 is 33.7 Å². The molecule has 2 rings (SSSR count). The van der Waals surface area contributed by atoms with Gasteiger partial charge >= 0.3 is 0 Å². The van der Waals surface area contributed by atoms with E-state index in [2.05, 4.69) is 21.2 Å². The van der Waals surface area contributed by atoms with Crippen LogP contribution in [-0.2, 0) is 9.59 Å². The highest BCUT2D eigenvalue weighted by molar-refractivity contribution is 9.10. The Morgan fingerprint density at radius 3 is 2.70 bits per heavy atom. The normalized spacial score (nSPS) is 18.1. The number of carbonyl (C=O) groups is 3. The van der Waals surface area contributed by atoms with Gasteiger partial charge in [-0.15, -0.1) is 0 Å². The highest BCUT2D eigenvalue weighted by Crippen LogP contribution is 2.20. The molecule has 0 radical (unpaired) electrons. The van der Waals surface area contributed by atoms with Crippen LogP contribution in [0.15, 0.2) is 22.7 Å². The molecular formula is C14H15BrN2O3. The largest absolute Gasteiger partial charge is 0.326 e. The molecule has 1 aromatic rings. The van der Waals surface area contributed by atoms with Crippen LogP contribution in [0.3, 0.4) is 0 Å². The summed E-state index contributed by atoms with van der Waals surface area (Å²) in [5.74, 6) is -0.976. The minimum Gasteiger partial charge on any atom is -0.326 e. The Bertz CT molecular complexity index is 586. The number of likely N-dealkylation sites (N-methyl/N-ethyl adjacent to an activating group) is 1. The molecule has 1 aliphatic heterocycles. The predicted octanol–water partition coefficient (Wildman–Crippen LogP) is 1.63. The van der Waals surface area contributed by atoms with Gasteiger partial charge in [0.15, 0.2) is 0 Å². The van der Waals surface area contributed by atoms with Gasteiger partial charge in [-0.3, -0.25) is 19.7 Å². The zero-order chi connectivity index (χ0) is 14.9. The summed E-state index contributed by atoms with van der Waals surface area (Å²) in [6.07, 6.45) is 0.0332. The summed E-state index contributed by atoms with van der Waals surface area (Å²) >= 11 is 3.34. The SMILES string of the molecule is CCN(C(=O)c1cc(Br)ccc1C)[C@@H]1CC(=O)NC1=O. The van der Waals surface area contributed by atoms with E-state index >= 15 is 0 Å². The fourth-order valence-corrected chi connectivity index (χ4v) is 2.64. The molecule has 6 heteroatoms. The third-order valence-electron chi connectivity index (χ3n) is 3.35. The monoisotopic (exact) mass is 338 g/mol. The van der Waals surface area contributed by atoms with Crippen LogP contribution in [0, 0.1) is 6.92 Å². The molecule has 1 aliphatic rings. The summed E-state index contributed by atoms with van der Waals surface area (Å²) in [4.78, 5) is 37.1. The average molecular weight is 339 g/mol. The first-order valence-electron chi connectivity index (χ1n) is 6.35. The van der Waals surface area contributed by atoms with E-state index in [1.54, 1.807) is 13.0 Å². The predicted molar refractivity (Wildman–Crippen MR) is 77.1 cm³/mol. The maximum absolute atomic E-state index is 12.6. The third-order valence-corrected chi connectivity index (χ3v) is 3.85. The van der Waals surface area contributed by atoms with Crippen molar-refractivity contribution in [2.45, 2.75) is 26.3 Å². The highest BCUT2D eigenvalue weighted by atomic mass is 79.9. The molecule has 0 unspecified atom stereocenters. The molecule has 106 valence electrons. The third kappa shape index (κ3) is 2.75. The van der Waals surface area contributed by atoms with Crippen LogP contribution >= 0.6 is 15.9 Å². The lowest BCUT2D eigenvalue weighted by Crippen LogP contribution is -2.44. The lowest BCUT2D eigenvalue weighted by atomic mass is 10.1. The van der Waals surface area contributed by atoms with Crippen LogP contribution < -0.4 is 5.32 Å². The van der Waals surface area contributed by atoms with Crippen LogP contribution in [-0.4, -0.2) is 35.2 Å². The molecule has 20 heavy (non-hydrogen) atoms. The second-order valence-corrected chi connectivity index (χ2v) is 5.60. The van der Waals surface area contributed by atoms with Gasteiger partial charge in [0.25, 0.3) is 5.91 Å². The summed E-state index contributed by atoms with van der Waals surface area (Å²) in [7, 11) is 0. The van der Waals surface area contributed by atoms with E-state index in [1.165, 1.54) is 4.90 Å². The van der Waals surface area contributed by atoms with E-state index in [9.17, 15) is 14.4 Å². The first-order chi connectivity index (χ1) is 9.43. The van der Waals surface area contributed by atoms with Crippen molar-refractivity contribution in [3.8, 4) is 0 Å².